The zero-order chi connectivity index (χ0) is 6.69. The van der Waals surface area contributed by atoms with Gasteiger partial charge in [-0.1, -0.05) is 6.92 Å². The summed E-state index contributed by atoms with van der Waals surface area (Å²) >= 11 is 0. The van der Waals surface area contributed by atoms with Crippen molar-refractivity contribution in [2.75, 3.05) is 13.2 Å². The van der Waals surface area contributed by atoms with Crippen LogP contribution >= 0.6 is 0 Å². The quantitative estimate of drug-likeness (QED) is 0.564. The summed E-state index contributed by atoms with van der Waals surface area (Å²) in [6, 6.07) is 0.579. The Morgan fingerprint density at radius 3 is 2.89 bits per heavy atom. The lowest BCUT2D eigenvalue weighted by atomic mass is 10.0. The van der Waals surface area contributed by atoms with E-state index < -0.39 is 0 Å². The van der Waals surface area contributed by atoms with Gasteiger partial charge in [0.15, 0.2) is 0 Å². The van der Waals surface area contributed by atoms with Crippen molar-refractivity contribution in [2.45, 2.75) is 25.8 Å². The molecule has 1 heterocycles. The van der Waals surface area contributed by atoms with Gasteiger partial charge in [-0.3, -0.25) is 0 Å². The summed E-state index contributed by atoms with van der Waals surface area (Å²) in [4.78, 5) is 0. The van der Waals surface area contributed by atoms with Crippen LogP contribution in [0.1, 0.15) is 19.8 Å². The Kier molecular flexibility index (Phi) is 2.49. The average molecular weight is 129 g/mol. The summed E-state index contributed by atoms with van der Waals surface area (Å²) in [7, 11) is 0. The zero-order valence-corrected chi connectivity index (χ0v) is 5.93. The predicted molar refractivity (Wildman–Crippen MR) is 37.3 cm³/mol. The summed E-state index contributed by atoms with van der Waals surface area (Å²) in [6.45, 7) is 3.60. The molecule has 0 radical (unpaired) electrons. The molecule has 0 aromatic heterocycles. The molecular weight excluding hydrogens is 114 g/mol. The normalized spacial score (nSPS) is 35.3. The molecule has 9 heavy (non-hydrogen) atoms. The van der Waals surface area contributed by atoms with E-state index in [2.05, 4.69) is 12.2 Å². The number of aliphatic hydroxyl groups is 1. The molecule has 0 amide bonds. The first kappa shape index (κ1) is 7.03. The van der Waals surface area contributed by atoms with Crippen LogP contribution in [0, 0.1) is 5.92 Å². The zero-order valence-electron chi connectivity index (χ0n) is 5.93. The van der Waals surface area contributed by atoms with Gasteiger partial charge in [0.1, 0.15) is 0 Å². The maximum Gasteiger partial charge on any atom is 0.0474 e. The fraction of sp³-hybridized carbons (Fsp3) is 1.00. The molecule has 1 rings (SSSR count). The second kappa shape index (κ2) is 3.18. The first-order chi connectivity index (χ1) is 4.38. The van der Waals surface area contributed by atoms with Gasteiger partial charge >= 0.3 is 0 Å². The molecule has 1 aliphatic rings. The summed E-state index contributed by atoms with van der Waals surface area (Å²) in [5.74, 6) is 0.523. The molecule has 0 saturated carbocycles. The van der Waals surface area contributed by atoms with Gasteiger partial charge in [0.05, 0.1) is 0 Å². The summed E-state index contributed by atoms with van der Waals surface area (Å²) in [6.07, 6.45) is 2.29. The third kappa shape index (κ3) is 1.43. The topological polar surface area (TPSA) is 32.3 Å². The van der Waals surface area contributed by atoms with Crippen LogP contribution in [-0.4, -0.2) is 24.3 Å². The van der Waals surface area contributed by atoms with E-state index in [0.717, 1.165) is 19.4 Å². The molecule has 1 fully saturated rings. The van der Waals surface area contributed by atoms with Gasteiger partial charge in [-0.15, -0.1) is 0 Å². The molecule has 1 aliphatic heterocycles. The van der Waals surface area contributed by atoms with Crippen molar-refractivity contribution in [3.05, 3.63) is 0 Å². The van der Waals surface area contributed by atoms with Crippen molar-refractivity contribution < 1.29 is 5.11 Å². The minimum Gasteiger partial charge on any atom is -0.396 e. The van der Waals surface area contributed by atoms with Crippen LogP contribution in [0.25, 0.3) is 0 Å². The van der Waals surface area contributed by atoms with Gasteiger partial charge in [0.2, 0.25) is 0 Å². The first-order valence-corrected chi connectivity index (χ1v) is 3.72. The highest BCUT2D eigenvalue weighted by molar-refractivity contribution is 4.81. The predicted octanol–water partition coefficient (Wildman–Crippen LogP) is 0.367. The van der Waals surface area contributed by atoms with Crippen LogP contribution in [-0.2, 0) is 0 Å². The molecule has 2 heteroatoms. The highest BCUT2D eigenvalue weighted by Gasteiger charge is 2.23. The average Bonchev–Trinajstić information content (AvgIpc) is 2.33. The summed E-state index contributed by atoms with van der Waals surface area (Å²) in [5, 5.41) is 12.2. The maximum atomic E-state index is 8.83. The minimum atomic E-state index is 0.353. The van der Waals surface area contributed by atoms with E-state index in [1.54, 1.807) is 0 Å². The van der Waals surface area contributed by atoms with Crippen LogP contribution in [0.5, 0.6) is 0 Å². The lowest BCUT2D eigenvalue weighted by Gasteiger charge is -2.13. The van der Waals surface area contributed by atoms with E-state index in [9.17, 15) is 0 Å². The van der Waals surface area contributed by atoms with Gasteiger partial charge < -0.3 is 10.4 Å². The van der Waals surface area contributed by atoms with Crippen molar-refractivity contribution >= 4 is 0 Å². The van der Waals surface area contributed by atoms with E-state index >= 15 is 0 Å². The standard InChI is InChI=1S/C7H15NO/c1-2-7-6(5-9)3-4-8-7/h6-9H,2-5H2,1H3/t6-,7+/m0/s1. The second-order valence-corrected chi connectivity index (χ2v) is 2.70. The number of aliphatic hydroxyl groups excluding tert-OH is 1. The van der Waals surface area contributed by atoms with E-state index in [1.165, 1.54) is 0 Å². The molecular formula is C7H15NO. The molecule has 1 saturated heterocycles. The third-order valence-corrected chi connectivity index (χ3v) is 2.17. The van der Waals surface area contributed by atoms with Crippen LogP contribution in [0.4, 0.5) is 0 Å². The Morgan fingerprint density at radius 2 is 2.44 bits per heavy atom. The fourth-order valence-electron chi connectivity index (χ4n) is 1.52. The molecule has 0 aromatic carbocycles. The Labute approximate surface area is 56.3 Å². The van der Waals surface area contributed by atoms with Crippen molar-refractivity contribution in [2.24, 2.45) is 5.92 Å². The van der Waals surface area contributed by atoms with Gasteiger partial charge in [-0.05, 0) is 25.3 Å². The van der Waals surface area contributed by atoms with Crippen LogP contribution < -0.4 is 5.32 Å². The molecule has 0 bridgehead atoms. The maximum absolute atomic E-state index is 8.83. The number of hydrogen-bond acceptors (Lipinski definition) is 2. The van der Waals surface area contributed by atoms with E-state index in [-0.39, 0.29) is 0 Å². The number of hydrogen-bond donors (Lipinski definition) is 2. The Balaban J connectivity index is 2.32. The highest BCUT2D eigenvalue weighted by Crippen LogP contribution is 2.16. The highest BCUT2D eigenvalue weighted by atomic mass is 16.3. The lowest BCUT2D eigenvalue weighted by molar-refractivity contribution is 0.212. The Bertz CT molecular complexity index is 75.0. The largest absolute Gasteiger partial charge is 0.396 e. The monoisotopic (exact) mass is 129 g/mol. The van der Waals surface area contributed by atoms with Gasteiger partial charge in [-0.2, -0.15) is 0 Å². The van der Waals surface area contributed by atoms with Crippen molar-refractivity contribution in [1.82, 2.24) is 5.32 Å². The van der Waals surface area contributed by atoms with Gasteiger partial charge in [0.25, 0.3) is 0 Å². The molecule has 0 aliphatic carbocycles. The molecule has 54 valence electrons. The smallest absolute Gasteiger partial charge is 0.0474 e. The van der Waals surface area contributed by atoms with Crippen LogP contribution in [0.3, 0.4) is 0 Å². The summed E-state index contributed by atoms with van der Waals surface area (Å²) in [5.41, 5.74) is 0. The minimum absolute atomic E-state index is 0.353. The van der Waals surface area contributed by atoms with Crippen LogP contribution in [0.2, 0.25) is 0 Å². The Hall–Kier alpha value is -0.0800. The fourth-order valence-corrected chi connectivity index (χ4v) is 1.52. The van der Waals surface area contributed by atoms with E-state index in [4.69, 9.17) is 5.11 Å². The third-order valence-electron chi connectivity index (χ3n) is 2.17. The number of rotatable bonds is 2. The SMILES string of the molecule is CC[C@H]1NCC[C@H]1CO. The van der Waals surface area contributed by atoms with E-state index in [0.29, 0.717) is 18.6 Å². The number of nitrogens with one attached hydrogen (secondary N) is 1. The molecule has 2 N–H and O–H groups in total. The molecule has 0 aromatic rings. The van der Waals surface area contributed by atoms with Crippen molar-refractivity contribution in [1.29, 1.82) is 0 Å². The van der Waals surface area contributed by atoms with Crippen molar-refractivity contribution in [3.63, 3.8) is 0 Å². The Morgan fingerprint density at radius 1 is 1.67 bits per heavy atom. The van der Waals surface area contributed by atoms with Gasteiger partial charge in [-0.25, -0.2) is 0 Å². The molecule has 0 spiro atoms. The lowest BCUT2D eigenvalue weighted by Crippen LogP contribution is -2.27. The summed E-state index contributed by atoms with van der Waals surface area (Å²) < 4.78 is 0. The van der Waals surface area contributed by atoms with Crippen molar-refractivity contribution in [3.8, 4) is 0 Å². The first-order valence-electron chi connectivity index (χ1n) is 3.72. The molecule has 2 atom stereocenters. The second-order valence-electron chi connectivity index (χ2n) is 2.70. The van der Waals surface area contributed by atoms with Crippen LogP contribution in [0.15, 0.2) is 0 Å². The molecule has 2 nitrogen and oxygen atoms in total. The van der Waals surface area contributed by atoms with E-state index in [1.807, 2.05) is 0 Å². The molecule has 0 unspecified atom stereocenters. The van der Waals surface area contributed by atoms with Gasteiger partial charge in [0, 0.05) is 12.6 Å².